The zero-order valence-corrected chi connectivity index (χ0v) is 17.3. The van der Waals surface area contributed by atoms with Crippen LogP contribution in [0.2, 0.25) is 0 Å². The smallest absolute Gasteiger partial charge is 0.159 e. The van der Waals surface area contributed by atoms with Crippen LogP contribution in [-0.2, 0) is 0 Å². The Bertz CT molecular complexity index is 1250. The molecule has 4 aromatic rings. The summed E-state index contributed by atoms with van der Waals surface area (Å²) in [5.41, 5.74) is 2.56. The molecule has 0 spiro atoms. The van der Waals surface area contributed by atoms with Gasteiger partial charge in [-0.05, 0) is 19.1 Å². The number of nitrogens with zero attached hydrogens (tertiary/aromatic N) is 6. The number of hydrogen-bond acceptors (Lipinski definition) is 6. The fourth-order valence-electron chi connectivity index (χ4n) is 4.24. The predicted molar refractivity (Wildman–Crippen MR) is 123 cm³/mol. The predicted octanol–water partition coefficient (Wildman–Crippen LogP) is 4.28. The van der Waals surface area contributed by atoms with E-state index >= 15 is 0 Å². The van der Waals surface area contributed by atoms with Crippen LogP contribution in [0.3, 0.4) is 0 Å². The van der Waals surface area contributed by atoms with Crippen molar-refractivity contribution in [3.63, 3.8) is 0 Å². The van der Waals surface area contributed by atoms with Crippen LogP contribution in [0, 0.1) is 11.3 Å². The first-order chi connectivity index (χ1) is 15.2. The van der Waals surface area contributed by atoms with E-state index in [4.69, 9.17) is 5.26 Å². The highest BCUT2D eigenvalue weighted by molar-refractivity contribution is 6.00. The summed E-state index contributed by atoms with van der Waals surface area (Å²) in [5.74, 6) is 1.83. The fourth-order valence-corrected chi connectivity index (χ4v) is 4.24. The van der Waals surface area contributed by atoms with E-state index in [1.807, 2.05) is 30.3 Å². The lowest BCUT2D eigenvalue weighted by atomic mass is 10.0. The minimum atomic E-state index is 0.253. The van der Waals surface area contributed by atoms with E-state index < -0.39 is 0 Å². The number of benzene rings is 2. The normalized spacial score (nSPS) is 16.3. The van der Waals surface area contributed by atoms with E-state index in [1.165, 1.54) is 0 Å². The molecule has 1 aliphatic rings. The van der Waals surface area contributed by atoms with Gasteiger partial charge in [0.25, 0.3) is 0 Å². The standard InChI is InChI=1S/C25H22N6/c1-18-17-30(13-14-31(18)23-12-11-19(15-26)16-27-23)25-22-10-6-5-9-21(22)24(28-29-25)20-7-3-2-4-8-20/h2-12,16,18H,13-14,17H2,1H3/t18-/m1/s1. The molecular weight excluding hydrogens is 384 g/mol. The molecule has 0 bridgehead atoms. The Balaban J connectivity index is 1.45. The Morgan fingerprint density at radius 2 is 1.68 bits per heavy atom. The second kappa shape index (κ2) is 8.04. The lowest BCUT2D eigenvalue weighted by molar-refractivity contribution is 0.542. The van der Waals surface area contributed by atoms with Crippen LogP contribution in [0.15, 0.2) is 72.9 Å². The van der Waals surface area contributed by atoms with Crippen molar-refractivity contribution >= 4 is 22.4 Å². The molecule has 1 fully saturated rings. The van der Waals surface area contributed by atoms with E-state index in [1.54, 1.807) is 6.20 Å². The maximum atomic E-state index is 9.01. The quantitative estimate of drug-likeness (QED) is 0.506. The highest BCUT2D eigenvalue weighted by atomic mass is 15.3. The van der Waals surface area contributed by atoms with E-state index in [0.29, 0.717) is 5.56 Å². The summed E-state index contributed by atoms with van der Waals surface area (Å²) >= 11 is 0. The number of aromatic nitrogens is 3. The van der Waals surface area contributed by atoms with Crippen molar-refractivity contribution in [2.75, 3.05) is 29.4 Å². The van der Waals surface area contributed by atoms with Crippen molar-refractivity contribution in [3.8, 4) is 17.3 Å². The summed E-state index contributed by atoms with van der Waals surface area (Å²) in [6, 6.07) is 24.7. The lowest BCUT2D eigenvalue weighted by Crippen LogP contribution is -2.52. The first kappa shape index (κ1) is 19.0. The zero-order chi connectivity index (χ0) is 21.2. The number of piperazine rings is 1. The SMILES string of the molecule is C[C@@H]1CN(c2nnc(-c3ccccc3)c3ccccc23)CCN1c1ccc(C#N)cn1. The third-order valence-corrected chi connectivity index (χ3v) is 5.81. The van der Waals surface area contributed by atoms with Gasteiger partial charge >= 0.3 is 0 Å². The van der Waals surface area contributed by atoms with Gasteiger partial charge < -0.3 is 9.80 Å². The van der Waals surface area contributed by atoms with Gasteiger partial charge in [-0.2, -0.15) is 5.26 Å². The second-order valence-corrected chi connectivity index (χ2v) is 7.79. The summed E-state index contributed by atoms with van der Waals surface area (Å²) in [5, 5.41) is 20.5. The molecule has 5 rings (SSSR count). The molecular formula is C25H22N6. The van der Waals surface area contributed by atoms with Crippen LogP contribution < -0.4 is 9.80 Å². The van der Waals surface area contributed by atoms with Crippen molar-refractivity contribution in [2.45, 2.75) is 13.0 Å². The molecule has 6 nitrogen and oxygen atoms in total. The minimum Gasteiger partial charge on any atom is -0.351 e. The van der Waals surface area contributed by atoms with Crippen molar-refractivity contribution in [3.05, 3.63) is 78.5 Å². The molecule has 0 amide bonds. The Morgan fingerprint density at radius 1 is 0.903 bits per heavy atom. The second-order valence-electron chi connectivity index (χ2n) is 7.79. The molecule has 1 atom stereocenters. The first-order valence-corrected chi connectivity index (χ1v) is 10.4. The van der Waals surface area contributed by atoms with Crippen LogP contribution in [0.4, 0.5) is 11.6 Å². The lowest BCUT2D eigenvalue weighted by Gasteiger charge is -2.41. The maximum Gasteiger partial charge on any atom is 0.159 e. The molecule has 6 heteroatoms. The van der Waals surface area contributed by atoms with Gasteiger partial charge in [0.05, 0.1) is 5.56 Å². The summed E-state index contributed by atoms with van der Waals surface area (Å²) in [4.78, 5) is 9.07. The molecule has 0 radical (unpaired) electrons. The van der Waals surface area contributed by atoms with Gasteiger partial charge in [0.15, 0.2) is 5.82 Å². The Hall–Kier alpha value is -3.98. The summed E-state index contributed by atoms with van der Waals surface area (Å²) in [7, 11) is 0. The number of pyridine rings is 1. The van der Waals surface area contributed by atoms with E-state index in [9.17, 15) is 0 Å². The molecule has 31 heavy (non-hydrogen) atoms. The number of rotatable bonds is 3. The third-order valence-electron chi connectivity index (χ3n) is 5.81. The van der Waals surface area contributed by atoms with Gasteiger partial charge in [-0.3, -0.25) is 0 Å². The first-order valence-electron chi connectivity index (χ1n) is 10.4. The largest absolute Gasteiger partial charge is 0.351 e. The van der Waals surface area contributed by atoms with Gasteiger partial charge in [-0.1, -0.05) is 54.6 Å². The highest BCUT2D eigenvalue weighted by Gasteiger charge is 2.27. The third kappa shape index (κ3) is 3.55. The Morgan fingerprint density at radius 3 is 2.39 bits per heavy atom. The van der Waals surface area contributed by atoms with Crippen LogP contribution in [0.1, 0.15) is 12.5 Å². The summed E-state index contributed by atoms with van der Waals surface area (Å²) in [6.07, 6.45) is 1.63. The number of anilines is 2. The van der Waals surface area contributed by atoms with E-state index in [-0.39, 0.29) is 6.04 Å². The Kier molecular flexibility index (Phi) is 4.93. The van der Waals surface area contributed by atoms with Crippen molar-refractivity contribution in [2.24, 2.45) is 0 Å². The summed E-state index contributed by atoms with van der Waals surface area (Å²) < 4.78 is 0. The van der Waals surface area contributed by atoms with Gasteiger partial charge in [0.1, 0.15) is 17.6 Å². The van der Waals surface area contributed by atoms with Gasteiger partial charge in [0, 0.05) is 48.2 Å². The highest BCUT2D eigenvalue weighted by Crippen LogP contribution is 2.32. The molecule has 1 aliphatic heterocycles. The summed E-state index contributed by atoms with van der Waals surface area (Å²) in [6.45, 7) is 4.68. The number of hydrogen-bond donors (Lipinski definition) is 0. The zero-order valence-electron chi connectivity index (χ0n) is 17.3. The van der Waals surface area contributed by atoms with Crippen LogP contribution >= 0.6 is 0 Å². The molecule has 152 valence electrons. The van der Waals surface area contributed by atoms with Gasteiger partial charge in [-0.25, -0.2) is 4.98 Å². The van der Waals surface area contributed by atoms with Crippen molar-refractivity contribution < 1.29 is 0 Å². The molecule has 0 aliphatic carbocycles. The Labute approximate surface area is 181 Å². The topological polar surface area (TPSA) is 68.9 Å². The maximum absolute atomic E-state index is 9.01. The number of nitriles is 1. The number of fused-ring (bicyclic) bond motifs is 1. The van der Waals surface area contributed by atoms with Gasteiger partial charge in [-0.15, -0.1) is 10.2 Å². The molecule has 2 aromatic carbocycles. The van der Waals surface area contributed by atoms with Crippen molar-refractivity contribution in [1.29, 1.82) is 5.26 Å². The van der Waals surface area contributed by atoms with E-state index in [0.717, 1.165) is 53.3 Å². The molecule has 0 saturated carbocycles. The molecule has 0 unspecified atom stereocenters. The van der Waals surface area contributed by atoms with Crippen LogP contribution in [-0.4, -0.2) is 40.9 Å². The molecule has 0 N–H and O–H groups in total. The minimum absolute atomic E-state index is 0.253. The monoisotopic (exact) mass is 406 g/mol. The molecule has 3 heterocycles. The van der Waals surface area contributed by atoms with Crippen LogP contribution in [0.5, 0.6) is 0 Å². The average molecular weight is 406 g/mol. The molecule has 2 aromatic heterocycles. The molecule has 1 saturated heterocycles. The fraction of sp³-hybridized carbons (Fsp3) is 0.200. The van der Waals surface area contributed by atoms with E-state index in [2.05, 4.69) is 74.4 Å². The average Bonchev–Trinajstić information content (AvgIpc) is 2.84. The van der Waals surface area contributed by atoms with Gasteiger partial charge in [0.2, 0.25) is 0 Å². The van der Waals surface area contributed by atoms with Crippen molar-refractivity contribution in [1.82, 2.24) is 15.2 Å². The van der Waals surface area contributed by atoms with Crippen LogP contribution in [0.25, 0.3) is 22.0 Å².